The van der Waals surface area contributed by atoms with Crippen molar-refractivity contribution in [2.24, 2.45) is 5.92 Å². The Morgan fingerprint density at radius 3 is 1.69 bits per heavy atom. The van der Waals surface area contributed by atoms with Gasteiger partial charge in [-0.15, -0.1) is 0 Å². The average Bonchev–Trinajstić information content (AvgIpc) is 2.76. The Labute approximate surface area is 194 Å². The molecule has 0 aromatic heterocycles. The maximum Gasteiger partial charge on any atom is 0.251 e. The molecule has 0 radical (unpaired) electrons. The van der Waals surface area contributed by atoms with Crippen LogP contribution in [0.5, 0.6) is 28.7 Å². The van der Waals surface area contributed by atoms with Gasteiger partial charge in [0.1, 0.15) is 5.75 Å². The Balaban J connectivity index is 2.40. The molecule has 0 bridgehead atoms. The minimum absolute atomic E-state index is 0.0973. The topological polar surface area (TPSA) is 46.2 Å². The highest BCUT2D eigenvalue weighted by atomic mass is 28.4. The molecule has 0 aliphatic rings. The van der Waals surface area contributed by atoms with Crippen molar-refractivity contribution >= 4 is 20.5 Å². The molecule has 0 heterocycles. The third kappa shape index (κ3) is 5.41. The molecule has 2 aromatic carbocycles. The fraction of sp³-hybridized carbons (Fsp3) is 0.462. The second-order valence-electron chi connectivity index (χ2n) is 9.19. The van der Waals surface area contributed by atoms with Gasteiger partial charge in [-0.05, 0) is 59.4 Å². The highest BCUT2D eigenvalue weighted by molar-refractivity contribution is 6.75. The minimum Gasteiger partial charge on any atom is -0.541 e. The Morgan fingerprint density at radius 2 is 1.22 bits per heavy atom. The van der Waals surface area contributed by atoms with E-state index in [1.165, 1.54) is 0 Å². The minimum atomic E-state index is -2.08. The molecule has 0 N–H and O–H groups in total. The first kappa shape index (κ1) is 25.7. The summed E-state index contributed by atoms with van der Waals surface area (Å²) in [5.41, 5.74) is 1.95. The monoisotopic (exact) mass is 458 g/mol. The maximum absolute atomic E-state index is 6.67. The Morgan fingerprint density at radius 1 is 0.719 bits per heavy atom. The smallest absolute Gasteiger partial charge is 0.251 e. The molecule has 0 saturated carbocycles. The quantitative estimate of drug-likeness (QED) is 0.286. The van der Waals surface area contributed by atoms with Gasteiger partial charge < -0.3 is 23.4 Å². The lowest BCUT2D eigenvalue weighted by Crippen LogP contribution is -2.48. The van der Waals surface area contributed by atoms with Gasteiger partial charge in [0.25, 0.3) is 8.32 Å². The summed E-state index contributed by atoms with van der Waals surface area (Å²) < 4.78 is 28.6. The normalized spacial score (nSPS) is 12.2. The summed E-state index contributed by atoms with van der Waals surface area (Å²) in [5, 5.41) is 0.0973. The van der Waals surface area contributed by atoms with E-state index in [0.29, 0.717) is 23.2 Å². The van der Waals surface area contributed by atoms with E-state index < -0.39 is 8.32 Å². The molecular formula is C26H38O5Si. The zero-order chi connectivity index (χ0) is 24.1. The highest BCUT2D eigenvalue weighted by Crippen LogP contribution is 2.46. The second-order valence-corrected chi connectivity index (χ2v) is 13.7. The molecule has 0 amide bonds. The number of hydrogen-bond donors (Lipinski definition) is 0. The largest absolute Gasteiger partial charge is 0.541 e. The van der Waals surface area contributed by atoms with E-state index in [-0.39, 0.29) is 5.04 Å². The molecule has 176 valence electrons. The van der Waals surface area contributed by atoms with Crippen molar-refractivity contribution in [1.29, 1.82) is 0 Å². The summed E-state index contributed by atoms with van der Waals surface area (Å²) in [5.74, 6) is 3.85. The van der Waals surface area contributed by atoms with Crippen LogP contribution in [0.2, 0.25) is 18.1 Å². The predicted molar refractivity (Wildman–Crippen MR) is 135 cm³/mol. The van der Waals surface area contributed by atoms with Crippen molar-refractivity contribution in [2.75, 3.05) is 28.4 Å². The lowest BCUT2D eigenvalue weighted by Gasteiger charge is -2.42. The Bertz CT molecular complexity index is 922. The van der Waals surface area contributed by atoms with Crippen LogP contribution >= 0.6 is 0 Å². The lowest BCUT2D eigenvalue weighted by molar-refractivity contribution is 0.324. The molecule has 0 unspecified atom stereocenters. The third-order valence-electron chi connectivity index (χ3n) is 6.70. The van der Waals surface area contributed by atoms with E-state index in [1.54, 1.807) is 28.4 Å². The predicted octanol–water partition coefficient (Wildman–Crippen LogP) is 6.91. The number of ether oxygens (including phenoxy) is 4. The Hall–Kier alpha value is -2.60. The molecule has 0 aliphatic heterocycles. The van der Waals surface area contributed by atoms with Crippen molar-refractivity contribution < 1.29 is 23.4 Å². The van der Waals surface area contributed by atoms with Crippen LogP contribution in [0.1, 0.15) is 38.8 Å². The van der Waals surface area contributed by atoms with Gasteiger partial charge in [-0.1, -0.05) is 45.9 Å². The Kier molecular flexibility index (Phi) is 8.29. The summed E-state index contributed by atoms with van der Waals surface area (Å²) in [6.07, 6.45) is 4.05. The molecule has 2 rings (SSSR count). The average molecular weight is 459 g/mol. The van der Waals surface area contributed by atoms with Crippen LogP contribution in [0.3, 0.4) is 0 Å². The number of rotatable bonds is 10. The molecule has 0 aliphatic carbocycles. The summed E-state index contributed by atoms with van der Waals surface area (Å²) in [6, 6.07) is 9.85. The molecule has 32 heavy (non-hydrogen) atoms. The molecule has 0 saturated heterocycles. The van der Waals surface area contributed by atoms with Gasteiger partial charge in [-0.25, -0.2) is 0 Å². The van der Waals surface area contributed by atoms with Crippen molar-refractivity contribution in [2.45, 2.75) is 45.8 Å². The lowest BCUT2D eigenvalue weighted by atomic mass is 9.99. The summed E-state index contributed by atoms with van der Waals surface area (Å²) in [4.78, 5) is 0. The van der Waals surface area contributed by atoms with E-state index in [2.05, 4.69) is 40.8 Å². The zero-order valence-corrected chi connectivity index (χ0v) is 22.2. The molecule has 6 heteroatoms. The first-order chi connectivity index (χ1) is 15.0. The number of methoxy groups -OCH3 is 4. The van der Waals surface area contributed by atoms with E-state index in [9.17, 15) is 0 Å². The van der Waals surface area contributed by atoms with Crippen molar-refractivity contribution in [3.05, 3.63) is 41.5 Å². The SMILES string of the molecule is COc1ccc(C=Cc2cc(OC)c(OC)c(OC)c2)cc1O[Si](C)(C)C(C)(C)C(C)C. The van der Waals surface area contributed by atoms with Crippen LogP contribution < -0.4 is 23.4 Å². The molecule has 0 atom stereocenters. The van der Waals surface area contributed by atoms with Gasteiger partial charge in [0.15, 0.2) is 17.2 Å². The maximum atomic E-state index is 6.67. The van der Waals surface area contributed by atoms with Crippen LogP contribution in [-0.2, 0) is 0 Å². The van der Waals surface area contributed by atoms with Gasteiger partial charge >= 0.3 is 0 Å². The van der Waals surface area contributed by atoms with E-state index >= 15 is 0 Å². The fourth-order valence-electron chi connectivity index (χ4n) is 3.37. The van der Waals surface area contributed by atoms with Gasteiger partial charge in [-0.2, -0.15) is 0 Å². The standard InChI is InChI=1S/C26H38O5Si/c1-18(2)26(3,4)32(9,10)31-22-15-19(13-14-21(22)27-5)11-12-20-16-23(28-6)25(30-8)24(17-20)29-7/h11-18H,1-10H3. The van der Waals surface area contributed by atoms with E-state index in [4.69, 9.17) is 23.4 Å². The van der Waals surface area contributed by atoms with Gasteiger partial charge in [-0.3, -0.25) is 0 Å². The fourth-order valence-corrected chi connectivity index (χ4v) is 5.73. The zero-order valence-electron chi connectivity index (χ0n) is 21.2. The molecule has 5 nitrogen and oxygen atoms in total. The first-order valence-corrected chi connectivity index (χ1v) is 13.8. The summed E-state index contributed by atoms with van der Waals surface area (Å²) in [6.45, 7) is 13.6. The van der Waals surface area contributed by atoms with Crippen LogP contribution in [0.25, 0.3) is 12.2 Å². The highest BCUT2D eigenvalue weighted by Gasteiger charge is 2.45. The van der Waals surface area contributed by atoms with Crippen molar-refractivity contribution in [1.82, 2.24) is 0 Å². The first-order valence-electron chi connectivity index (χ1n) is 10.9. The molecule has 0 spiro atoms. The molecule has 0 fully saturated rings. The number of hydrogen-bond acceptors (Lipinski definition) is 5. The molecule has 2 aromatic rings. The summed E-state index contributed by atoms with van der Waals surface area (Å²) >= 11 is 0. The van der Waals surface area contributed by atoms with Crippen molar-refractivity contribution in [3.63, 3.8) is 0 Å². The third-order valence-corrected chi connectivity index (χ3v) is 11.1. The van der Waals surface area contributed by atoms with Crippen LogP contribution in [0.4, 0.5) is 0 Å². The van der Waals surface area contributed by atoms with Gasteiger partial charge in [0.05, 0.1) is 28.4 Å². The van der Waals surface area contributed by atoms with E-state index in [0.717, 1.165) is 22.6 Å². The van der Waals surface area contributed by atoms with Crippen molar-refractivity contribution in [3.8, 4) is 28.7 Å². The van der Waals surface area contributed by atoms with Crippen LogP contribution in [-0.4, -0.2) is 36.8 Å². The summed E-state index contributed by atoms with van der Waals surface area (Å²) in [7, 11) is 4.42. The van der Waals surface area contributed by atoms with Crippen LogP contribution in [0.15, 0.2) is 30.3 Å². The van der Waals surface area contributed by atoms with Gasteiger partial charge in [0.2, 0.25) is 5.75 Å². The van der Waals surface area contributed by atoms with E-state index in [1.807, 2.05) is 42.5 Å². The number of benzene rings is 2. The molecular weight excluding hydrogens is 420 g/mol. The second kappa shape index (κ2) is 10.3. The van der Waals surface area contributed by atoms with Crippen LogP contribution in [0, 0.1) is 5.92 Å². The van der Waals surface area contributed by atoms with Gasteiger partial charge in [0, 0.05) is 0 Å².